The summed E-state index contributed by atoms with van der Waals surface area (Å²) in [5.41, 5.74) is 0. The lowest BCUT2D eigenvalue weighted by Crippen LogP contribution is -1.87. The highest BCUT2D eigenvalue weighted by Crippen LogP contribution is 1.89. The van der Waals surface area contributed by atoms with Gasteiger partial charge in [-0.1, -0.05) is 0 Å². The molecule has 50 valence electrons. The van der Waals surface area contributed by atoms with Gasteiger partial charge in [-0.15, -0.1) is 0 Å². The smallest absolute Gasteiger partial charge is 0.140 e. The van der Waals surface area contributed by atoms with E-state index in [4.69, 9.17) is 0 Å². The Balaban J connectivity index is 2.94. The highest BCUT2D eigenvalue weighted by Gasteiger charge is 1.85. The van der Waals surface area contributed by atoms with Crippen LogP contribution in [0, 0.1) is 0 Å². The zero-order valence-electron chi connectivity index (χ0n) is 4.54. The summed E-state index contributed by atoms with van der Waals surface area (Å²) in [6.45, 7) is 0. The largest absolute Gasteiger partial charge is 0.232 e. The van der Waals surface area contributed by atoms with E-state index in [9.17, 15) is 8.42 Å². The van der Waals surface area contributed by atoms with Gasteiger partial charge in [-0.3, -0.25) is 0 Å². The van der Waals surface area contributed by atoms with Crippen LogP contribution in [0.3, 0.4) is 0 Å². The molecule has 2 nitrogen and oxygen atoms in total. The fourth-order valence-corrected chi connectivity index (χ4v) is 1.06. The van der Waals surface area contributed by atoms with Gasteiger partial charge in [0.05, 0.1) is 0 Å². The monoisotopic (exact) mass is 154 g/mol. The van der Waals surface area contributed by atoms with Gasteiger partial charge < -0.3 is 0 Å². The summed E-state index contributed by atoms with van der Waals surface area (Å²) in [7, 11) is -2.15. The van der Waals surface area contributed by atoms with Crippen molar-refractivity contribution in [2.45, 2.75) is 12.8 Å². The molecule has 4 heteroatoms. The van der Waals surface area contributed by atoms with Crippen molar-refractivity contribution in [1.82, 2.24) is 0 Å². The molecule has 0 unspecified atom stereocenters. The second-order valence-electron chi connectivity index (χ2n) is 1.49. The van der Waals surface area contributed by atoms with Crippen molar-refractivity contribution >= 4 is 23.3 Å². The van der Waals surface area contributed by atoms with E-state index in [1.807, 2.05) is 0 Å². The summed E-state index contributed by atoms with van der Waals surface area (Å²) in [6, 6.07) is 0. The standard InChI is InChI=1S/C4H10O2S2/c5-8(6)4-2-1-3-7/h7-8H,1-4H2. The lowest BCUT2D eigenvalue weighted by molar-refractivity contribution is 0.611. The molecule has 0 aliphatic carbocycles. The maximum atomic E-state index is 9.89. The first-order valence-corrected chi connectivity index (χ1v) is 4.49. The number of unbranched alkanes of at least 4 members (excludes halogenated alkanes) is 1. The van der Waals surface area contributed by atoms with Crippen molar-refractivity contribution in [3.05, 3.63) is 0 Å². The van der Waals surface area contributed by atoms with E-state index in [2.05, 4.69) is 12.6 Å². The predicted molar refractivity (Wildman–Crippen MR) is 38.3 cm³/mol. The molecule has 0 spiro atoms. The lowest BCUT2D eigenvalue weighted by Gasteiger charge is -1.86. The van der Waals surface area contributed by atoms with Gasteiger partial charge in [0.2, 0.25) is 0 Å². The summed E-state index contributed by atoms with van der Waals surface area (Å²) in [5.74, 6) is 1.10. The Morgan fingerprint density at radius 3 is 2.25 bits per heavy atom. The Labute approximate surface area is 56.6 Å². The Hall–Kier alpha value is 0.300. The molecule has 0 bridgehead atoms. The number of thiol groups is 2. The fraction of sp³-hybridized carbons (Fsp3) is 1.00. The molecule has 0 radical (unpaired) electrons. The Morgan fingerprint density at radius 1 is 1.25 bits per heavy atom. The molecule has 0 aliphatic rings. The van der Waals surface area contributed by atoms with Gasteiger partial charge in [0.1, 0.15) is 10.7 Å². The van der Waals surface area contributed by atoms with Crippen LogP contribution in [0.15, 0.2) is 0 Å². The second kappa shape index (κ2) is 5.44. The van der Waals surface area contributed by atoms with Gasteiger partial charge in [-0.2, -0.15) is 12.6 Å². The van der Waals surface area contributed by atoms with Crippen LogP contribution in [0.2, 0.25) is 0 Å². The average Bonchev–Trinajstić information content (AvgIpc) is 1.66. The van der Waals surface area contributed by atoms with E-state index >= 15 is 0 Å². The normalized spacial score (nSPS) is 10.2. The van der Waals surface area contributed by atoms with Crippen molar-refractivity contribution in [2.75, 3.05) is 11.5 Å². The third-order valence-corrected chi connectivity index (χ3v) is 1.75. The average molecular weight is 154 g/mol. The van der Waals surface area contributed by atoms with Gasteiger partial charge in [0, 0.05) is 5.75 Å². The van der Waals surface area contributed by atoms with Crippen molar-refractivity contribution in [1.29, 1.82) is 0 Å². The first-order chi connectivity index (χ1) is 3.77. The molecule has 0 fully saturated rings. The molecule has 0 amide bonds. The van der Waals surface area contributed by atoms with Crippen LogP contribution in [-0.4, -0.2) is 19.9 Å². The highest BCUT2D eigenvalue weighted by molar-refractivity contribution is 7.80. The number of hydrogen-bond acceptors (Lipinski definition) is 3. The van der Waals surface area contributed by atoms with Crippen molar-refractivity contribution < 1.29 is 8.42 Å². The maximum Gasteiger partial charge on any atom is 0.140 e. The van der Waals surface area contributed by atoms with Crippen LogP contribution in [0.4, 0.5) is 0 Å². The van der Waals surface area contributed by atoms with E-state index in [0.717, 1.165) is 18.6 Å². The van der Waals surface area contributed by atoms with Crippen LogP contribution in [0.5, 0.6) is 0 Å². The van der Waals surface area contributed by atoms with Crippen LogP contribution < -0.4 is 0 Å². The molecule has 0 atom stereocenters. The maximum absolute atomic E-state index is 9.89. The van der Waals surface area contributed by atoms with Crippen molar-refractivity contribution in [2.24, 2.45) is 0 Å². The van der Waals surface area contributed by atoms with Gasteiger partial charge in [0.15, 0.2) is 0 Å². The molecule has 0 aromatic rings. The third kappa shape index (κ3) is 6.30. The molecule has 0 heterocycles. The molecule has 0 N–H and O–H groups in total. The van der Waals surface area contributed by atoms with Gasteiger partial charge in [0.25, 0.3) is 0 Å². The number of hydrogen-bond donors (Lipinski definition) is 2. The first kappa shape index (κ1) is 8.30. The van der Waals surface area contributed by atoms with E-state index in [-0.39, 0.29) is 0 Å². The zero-order valence-corrected chi connectivity index (χ0v) is 6.33. The summed E-state index contributed by atoms with van der Waals surface area (Å²) >= 11 is 3.93. The number of rotatable bonds is 4. The third-order valence-electron chi connectivity index (χ3n) is 0.749. The molecule has 0 aromatic carbocycles. The predicted octanol–water partition coefficient (Wildman–Crippen LogP) is 0.308. The van der Waals surface area contributed by atoms with Crippen LogP contribution in [-0.2, 0) is 10.7 Å². The molecule has 8 heavy (non-hydrogen) atoms. The summed E-state index contributed by atoms with van der Waals surface area (Å²) in [6.07, 6.45) is 1.65. The summed E-state index contributed by atoms with van der Waals surface area (Å²) in [5, 5.41) is 0. The van der Waals surface area contributed by atoms with Crippen LogP contribution in [0.1, 0.15) is 12.8 Å². The topological polar surface area (TPSA) is 34.1 Å². The zero-order chi connectivity index (χ0) is 6.41. The van der Waals surface area contributed by atoms with E-state index in [1.165, 1.54) is 0 Å². The summed E-state index contributed by atoms with van der Waals surface area (Å²) < 4.78 is 19.8. The van der Waals surface area contributed by atoms with Gasteiger partial charge in [-0.05, 0) is 18.6 Å². The Morgan fingerprint density at radius 2 is 1.88 bits per heavy atom. The minimum atomic E-state index is -2.15. The van der Waals surface area contributed by atoms with Gasteiger partial charge in [-0.25, -0.2) is 8.42 Å². The molecule has 0 saturated carbocycles. The van der Waals surface area contributed by atoms with Crippen LogP contribution in [0.25, 0.3) is 0 Å². The van der Waals surface area contributed by atoms with E-state index in [1.54, 1.807) is 0 Å². The quantitative estimate of drug-likeness (QED) is 0.451. The van der Waals surface area contributed by atoms with Gasteiger partial charge >= 0.3 is 0 Å². The van der Waals surface area contributed by atoms with E-state index < -0.39 is 10.7 Å². The SMILES string of the molecule is O=[SH](=O)CCCCS. The highest BCUT2D eigenvalue weighted by atomic mass is 32.2. The first-order valence-electron chi connectivity index (χ1n) is 2.50. The fourth-order valence-electron chi connectivity index (χ4n) is 0.353. The Kier molecular flexibility index (Phi) is 5.64. The molecule has 0 saturated heterocycles. The summed E-state index contributed by atoms with van der Waals surface area (Å²) in [4.78, 5) is 0. The van der Waals surface area contributed by atoms with Crippen LogP contribution >= 0.6 is 12.6 Å². The molecule has 0 rings (SSSR count). The van der Waals surface area contributed by atoms with Crippen molar-refractivity contribution in [3.63, 3.8) is 0 Å². The lowest BCUT2D eigenvalue weighted by atomic mass is 10.4. The van der Waals surface area contributed by atoms with Crippen molar-refractivity contribution in [3.8, 4) is 0 Å². The molecular formula is C4H10O2S2. The Bertz CT molecular complexity index is 101. The minimum absolute atomic E-state index is 0.315. The molecular weight excluding hydrogens is 144 g/mol. The molecule has 0 aromatic heterocycles. The second-order valence-corrected chi connectivity index (χ2v) is 3.05. The van der Waals surface area contributed by atoms with E-state index in [0.29, 0.717) is 5.75 Å². The minimum Gasteiger partial charge on any atom is -0.232 e. The molecule has 0 aliphatic heterocycles.